The van der Waals surface area contributed by atoms with Gasteiger partial charge in [-0.1, -0.05) is 261 Å². The van der Waals surface area contributed by atoms with Crippen molar-refractivity contribution in [2.24, 2.45) is 0 Å². The number of hydrogen-bond acceptors (Lipinski definition) is 6. The summed E-state index contributed by atoms with van der Waals surface area (Å²) in [5, 5.41) is 0. The zero-order valence-electron chi connectivity index (χ0n) is 52.4. The van der Waals surface area contributed by atoms with Crippen LogP contribution >= 0.6 is 0 Å². The van der Waals surface area contributed by atoms with Gasteiger partial charge in [0.1, 0.15) is 13.2 Å². The summed E-state index contributed by atoms with van der Waals surface area (Å²) in [7, 11) is 0. The summed E-state index contributed by atoms with van der Waals surface area (Å²) in [5.74, 6) is -0.992. The first-order valence-electron chi connectivity index (χ1n) is 32.8. The molecule has 0 spiro atoms. The van der Waals surface area contributed by atoms with Crippen LogP contribution in [0.5, 0.6) is 0 Å². The predicted molar refractivity (Wildman–Crippen MR) is 357 cm³/mol. The summed E-state index contributed by atoms with van der Waals surface area (Å²) >= 11 is 0. The second-order valence-corrected chi connectivity index (χ2v) is 20.9. The van der Waals surface area contributed by atoms with E-state index in [0.29, 0.717) is 12.8 Å². The van der Waals surface area contributed by atoms with Gasteiger partial charge in [-0.2, -0.15) is 0 Å². The molecule has 6 nitrogen and oxygen atoms in total. The average Bonchev–Trinajstić information content (AvgIpc) is 3.48. The fraction of sp³-hybridized carbons (Fsp3) is 0.566. The molecule has 0 amide bonds. The normalized spacial score (nSPS) is 13.4. The maximum atomic E-state index is 12.9. The molecular formula is C76H118O6. The molecule has 1 atom stereocenters. The number of carbonyl (C=O) groups excluding carboxylic acids is 3. The van der Waals surface area contributed by atoms with Gasteiger partial charge in [0.2, 0.25) is 0 Å². The van der Waals surface area contributed by atoms with Gasteiger partial charge in [0.05, 0.1) is 0 Å². The van der Waals surface area contributed by atoms with Crippen molar-refractivity contribution in [1.29, 1.82) is 0 Å². The Morgan fingerprint density at radius 3 is 0.756 bits per heavy atom. The van der Waals surface area contributed by atoms with Crippen LogP contribution in [0.4, 0.5) is 0 Å². The highest BCUT2D eigenvalue weighted by Gasteiger charge is 2.19. The predicted octanol–water partition coefficient (Wildman–Crippen LogP) is 22.8. The van der Waals surface area contributed by atoms with Gasteiger partial charge in [0.25, 0.3) is 0 Å². The Kier molecular flexibility index (Phi) is 63.5. The molecule has 0 heterocycles. The smallest absolute Gasteiger partial charge is 0.306 e. The molecule has 0 fully saturated rings. The van der Waals surface area contributed by atoms with Gasteiger partial charge in [0, 0.05) is 19.3 Å². The van der Waals surface area contributed by atoms with E-state index in [1.807, 2.05) is 0 Å². The Labute approximate surface area is 504 Å². The third kappa shape index (κ3) is 65.3. The number of ether oxygens (including phenoxy) is 3. The van der Waals surface area contributed by atoms with Crippen LogP contribution < -0.4 is 0 Å². The molecule has 458 valence electrons. The minimum Gasteiger partial charge on any atom is -0.462 e. The summed E-state index contributed by atoms with van der Waals surface area (Å²) in [5.41, 5.74) is 0. The monoisotopic (exact) mass is 1130 g/mol. The molecule has 0 aliphatic carbocycles. The average molecular weight is 1130 g/mol. The number of carbonyl (C=O) groups is 3. The van der Waals surface area contributed by atoms with Crippen molar-refractivity contribution in [2.75, 3.05) is 13.2 Å². The van der Waals surface area contributed by atoms with E-state index >= 15 is 0 Å². The maximum Gasteiger partial charge on any atom is 0.306 e. The summed E-state index contributed by atoms with van der Waals surface area (Å²) in [6.45, 7) is 6.33. The highest BCUT2D eigenvalue weighted by atomic mass is 16.6. The molecule has 0 saturated carbocycles. The van der Waals surface area contributed by atoms with Crippen LogP contribution in [0.3, 0.4) is 0 Å². The third-order valence-corrected chi connectivity index (χ3v) is 13.1. The Bertz CT molecular complexity index is 1920. The van der Waals surface area contributed by atoms with E-state index in [4.69, 9.17) is 14.2 Å². The molecular weight excluding hydrogens is 1010 g/mol. The second-order valence-electron chi connectivity index (χ2n) is 20.9. The first kappa shape index (κ1) is 76.5. The standard InChI is InChI=1S/C76H118O6/c1-4-7-10-13-16-19-22-25-28-31-32-33-34-35-36-37-38-39-40-41-42-43-44-46-48-51-54-57-60-63-66-69-75(78)81-72-73(71-80-74(77)68-65-62-59-56-53-50-47-30-27-24-21-18-15-12-9-6-3)82-76(79)70-67-64-61-58-55-52-49-45-29-26-23-20-17-14-11-8-5-2/h7-8,10-11,16-17,19-21,24-26,28-30,32-33,35-36,38-39,41-42,44,46-47,49,51-52,54,73H,4-6,9,12-15,18,22-23,27,31,34,37,40,43,45,48,50,53,55-72H2,1-3H3/b10-7-,11-8-,19-16-,20-17-,24-21-,28-25-,29-26-,33-32-,36-35-,39-38-,42-41-,46-44-,47-30-,52-49-,54-51-. The van der Waals surface area contributed by atoms with Crippen LogP contribution in [0, 0.1) is 0 Å². The van der Waals surface area contributed by atoms with Crippen molar-refractivity contribution >= 4 is 17.9 Å². The minimum absolute atomic E-state index is 0.115. The highest BCUT2D eigenvalue weighted by molar-refractivity contribution is 5.71. The molecule has 0 aromatic heterocycles. The van der Waals surface area contributed by atoms with Crippen molar-refractivity contribution in [3.8, 4) is 0 Å². The first-order valence-corrected chi connectivity index (χ1v) is 32.8. The summed E-state index contributed by atoms with van der Waals surface area (Å²) in [4.78, 5) is 38.3. The van der Waals surface area contributed by atoms with Crippen molar-refractivity contribution < 1.29 is 28.6 Å². The Hall–Kier alpha value is -5.49. The number of rotatable bonds is 57. The molecule has 0 saturated heterocycles. The fourth-order valence-corrected chi connectivity index (χ4v) is 8.28. The van der Waals surface area contributed by atoms with E-state index in [1.54, 1.807) is 0 Å². The van der Waals surface area contributed by atoms with E-state index in [9.17, 15) is 14.4 Å². The van der Waals surface area contributed by atoms with E-state index in [2.05, 4.69) is 203 Å². The molecule has 0 N–H and O–H groups in total. The number of unbranched alkanes of at least 4 members (excludes halogenated alkanes) is 16. The maximum absolute atomic E-state index is 12.9. The zero-order chi connectivity index (χ0) is 59.2. The SMILES string of the molecule is CC/C=C\C/C=C\C/C=C\C/C=C\C/C=C\C/C=C\C/C=C\C/C=C\C/C=C\CCCCCC(=O)OCC(COC(=O)CCCCCCC/C=C\C/C=C\CCCCCC)OC(=O)CCCCCC/C=C\C/C=C\C/C=C\C/C=C\CC. The first-order chi connectivity index (χ1) is 40.5. The largest absolute Gasteiger partial charge is 0.462 e. The lowest BCUT2D eigenvalue weighted by Gasteiger charge is -2.18. The third-order valence-electron chi connectivity index (χ3n) is 13.1. The van der Waals surface area contributed by atoms with Crippen molar-refractivity contribution in [2.45, 2.75) is 264 Å². The minimum atomic E-state index is -0.823. The number of esters is 3. The van der Waals surface area contributed by atoms with Crippen LogP contribution in [-0.2, 0) is 28.6 Å². The Morgan fingerprint density at radius 1 is 0.256 bits per heavy atom. The van der Waals surface area contributed by atoms with Crippen LogP contribution in [0.25, 0.3) is 0 Å². The fourth-order valence-electron chi connectivity index (χ4n) is 8.28. The Morgan fingerprint density at radius 2 is 0.476 bits per heavy atom. The Balaban J connectivity index is 4.48. The lowest BCUT2D eigenvalue weighted by atomic mass is 10.1. The number of allylic oxidation sites excluding steroid dienone is 30. The molecule has 0 bridgehead atoms. The summed E-state index contributed by atoms with van der Waals surface area (Å²) in [6.07, 6.45) is 102. The van der Waals surface area contributed by atoms with Crippen molar-refractivity contribution in [3.63, 3.8) is 0 Å². The molecule has 0 rings (SSSR count). The van der Waals surface area contributed by atoms with Crippen molar-refractivity contribution in [3.05, 3.63) is 182 Å². The van der Waals surface area contributed by atoms with Crippen LogP contribution in [0.1, 0.15) is 258 Å². The number of hydrogen-bond donors (Lipinski definition) is 0. The second kappa shape index (κ2) is 68.0. The van der Waals surface area contributed by atoms with Crippen LogP contribution in [0.2, 0.25) is 0 Å². The molecule has 0 aromatic carbocycles. The van der Waals surface area contributed by atoms with Gasteiger partial charge in [-0.3, -0.25) is 14.4 Å². The lowest BCUT2D eigenvalue weighted by Crippen LogP contribution is -2.30. The molecule has 1 unspecified atom stereocenters. The molecule has 6 heteroatoms. The van der Waals surface area contributed by atoms with Crippen LogP contribution in [0.15, 0.2) is 182 Å². The van der Waals surface area contributed by atoms with Gasteiger partial charge in [-0.25, -0.2) is 0 Å². The zero-order valence-corrected chi connectivity index (χ0v) is 52.4. The molecule has 0 aromatic rings. The van der Waals surface area contributed by atoms with E-state index in [1.165, 1.54) is 32.1 Å². The molecule has 0 aliphatic heterocycles. The molecule has 0 aliphatic rings. The van der Waals surface area contributed by atoms with E-state index < -0.39 is 6.10 Å². The quantitative estimate of drug-likeness (QED) is 0.0261. The topological polar surface area (TPSA) is 78.9 Å². The summed E-state index contributed by atoms with van der Waals surface area (Å²) in [6, 6.07) is 0. The van der Waals surface area contributed by atoms with Gasteiger partial charge in [-0.15, -0.1) is 0 Å². The van der Waals surface area contributed by atoms with Gasteiger partial charge in [-0.05, 0) is 161 Å². The van der Waals surface area contributed by atoms with Gasteiger partial charge in [0.15, 0.2) is 6.10 Å². The van der Waals surface area contributed by atoms with Gasteiger partial charge < -0.3 is 14.2 Å². The summed E-state index contributed by atoms with van der Waals surface area (Å²) < 4.78 is 16.9. The van der Waals surface area contributed by atoms with E-state index in [0.717, 1.165) is 186 Å². The highest BCUT2D eigenvalue weighted by Crippen LogP contribution is 2.13. The van der Waals surface area contributed by atoms with Crippen LogP contribution in [-0.4, -0.2) is 37.2 Å². The van der Waals surface area contributed by atoms with Gasteiger partial charge >= 0.3 is 17.9 Å². The van der Waals surface area contributed by atoms with E-state index in [-0.39, 0.29) is 37.5 Å². The molecule has 82 heavy (non-hydrogen) atoms. The van der Waals surface area contributed by atoms with Crippen molar-refractivity contribution in [1.82, 2.24) is 0 Å². The molecule has 0 radical (unpaired) electrons. The lowest BCUT2D eigenvalue weighted by molar-refractivity contribution is -0.167.